The minimum absolute atomic E-state index is 0.0414. The fourth-order valence-corrected chi connectivity index (χ4v) is 4.40. The highest BCUT2D eigenvalue weighted by atomic mass is 32.2. The van der Waals surface area contributed by atoms with Crippen LogP contribution in [0.25, 0.3) is 11.1 Å². The lowest BCUT2D eigenvalue weighted by molar-refractivity contribution is -0.115. The Labute approximate surface area is 214 Å². The number of carbonyl (C=O) groups excluding carboxylic acids is 2. The lowest BCUT2D eigenvalue weighted by Gasteiger charge is -2.13. The smallest absolute Gasteiger partial charge is 0.338 e. The standard InChI is InChI=1S/C27H25N5O3S/c1-3-17-5-7-18(8-6-17)24-21(15-28)25(30)32-26(22(24)16-29)36-14-13-23(33)31-20-11-9-19(10-12-20)27(34)35-4-2/h5-12H,3-4,13-14H2,1-2H3,(H2,30,32)(H,31,33). The van der Waals surface area contributed by atoms with Crippen molar-refractivity contribution in [3.05, 3.63) is 70.8 Å². The van der Waals surface area contributed by atoms with Gasteiger partial charge in [0.2, 0.25) is 5.91 Å². The van der Waals surface area contributed by atoms with E-state index in [0.717, 1.165) is 12.0 Å². The molecule has 8 nitrogen and oxygen atoms in total. The van der Waals surface area contributed by atoms with Gasteiger partial charge in [0.25, 0.3) is 0 Å². The van der Waals surface area contributed by atoms with Crippen LogP contribution in [0.1, 0.15) is 47.3 Å². The van der Waals surface area contributed by atoms with Crippen LogP contribution in [-0.4, -0.2) is 29.2 Å². The topological polar surface area (TPSA) is 142 Å². The SMILES string of the molecule is CCOC(=O)c1ccc(NC(=O)CCSc2nc(N)c(C#N)c(-c3ccc(CC)cc3)c2C#N)cc1. The number of benzene rings is 2. The van der Waals surface area contributed by atoms with Crippen LogP contribution in [0.4, 0.5) is 11.5 Å². The van der Waals surface area contributed by atoms with Gasteiger partial charge in [-0.15, -0.1) is 11.8 Å². The minimum atomic E-state index is -0.421. The van der Waals surface area contributed by atoms with Gasteiger partial charge in [-0.1, -0.05) is 31.2 Å². The number of nitrogens with two attached hydrogens (primary N) is 1. The van der Waals surface area contributed by atoms with Gasteiger partial charge in [0.15, 0.2) is 0 Å². The van der Waals surface area contributed by atoms with Crippen molar-refractivity contribution in [2.75, 3.05) is 23.4 Å². The van der Waals surface area contributed by atoms with Gasteiger partial charge in [0.1, 0.15) is 28.5 Å². The Morgan fingerprint density at radius 2 is 1.69 bits per heavy atom. The van der Waals surface area contributed by atoms with Gasteiger partial charge in [-0.2, -0.15) is 10.5 Å². The second-order valence-electron chi connectivity index (χ2n) is 7.65. The van der Waals surface area contributed by atoms with Gasteiger partial charge in [-0.05, 0) is 48.7 Å². The average molecular weight is 500 g/mol. The number of thioether (sulfide) groups is 1. The van der Waals surface area contributed by atoms with Crippen molar-refractivity contribution in [2.45, 2.75) is 31.7 Å². The maximum Gasteiger partial charge on any atom is 0.338 e. The number of anilines is 2. The van der Waals surface area contributed by atoms with E-state index in [0.29, 0.717) is 33.2 Å². The Bertz CT molecular complexity index is 1340. The molecule has 0 aliphatic heterocycles. The molecule has 2 aromatic carbocycles. The molecule has 0 radical (unpaired) electrons. The Kier molecular flexibility index (Phi) is 9.04. The van der Waals surface area contributed by atoms with Crippen molar-refractivity contribution in [3.8, 4) is 23.3 Å². The third kappa shape index (κ3) is 6.21. The fourth-order valence-electron chi connectivity index (χ4n) is 3.47. The summed E-state index contributed by atoms with van der Waals surface area (Å²) >= 11 is 1.23. The molecular formula is C27H25N5O3S. The molecule has 0 saturated heterocycles. The van der Waals surface area contributed by atoms with Crippen LogP contribution in [0.3, 0.4) is 0 Å². The molecule has 0 spiro atoms. The van der Waals surface area contributed by atoms with E-state index in [1.54, 1.807) is 31.2 Å². The second kappa shape index (κ2) is 12.4. The first-order valence-corrected chi connectivity index (χ1v) is 12.3. The number of esters is 1. The van der Waals surface area contributed by atoms with Crippen molar-refractivity contribution in [2.24, 2.45) is 0 Å². The molecule has 1 amide bonds. The van der Waals surface area contributed by atoms with E-state index < -0.39 is 5.97 Å². The number of rotatable bonds is 9. The number of carbonyl (C=O) groups is 2. The van der Waals surface area contributed by atoms with E-state index in [2.05, 4.69) is 22.4 Å². The third-order valence-electron chi connectivity index (χ3n) is 5.31. The molecule has 0 unspecified atom stereocenters. The van der Waals surface area contributed by atoms with Crippen molar-refractivity contribution < 1.29 is 14.3 Å². The second-order valence-corrected chi connectivity index (χ2v) is 8.73. The number of aryl methyl sites for hydroxylation is 1. The largest absolute Gasteiger partial charge is 0.462 e. The molecule has 3 aromatic rings. The number of nitrogens with one attached hydrogen (secondary N) is 1. The van der Waals surface area contributed by atoms with Crippen LogP contribution >= 0.6 is 11.8 Å². The molecule has 0 atom stereocenters. The summed E-state index contributed by atoms with van der Waals surface area (Å²) in [6, 6.07) is 18.3. The maximum absolute atomic E-state index is 12.4. The molecule has 0 fully saturated rings. The van der Waals surface area contributed by atoms with E-state index >= 15 is 0 Å². The Hall–Kier alpha value is -4.34. The van der Waals surface area contributed by atoms with Crippen LogP contribution in [0, 0.1) is 22.7 Å². The molecule has 36 heavy (non-hydrogen) atoms. The number of hydrogen-bond donors (Lipinski definition) is 2. The zero-order valence-electron chi connectivity index (χ0n) is 20.0. The summed E-state index contributed by atoms with van der Waals surface area (Å²) in [7, 11) is 0. The van der Waals surface area contributed by atoms with Crippen LogP contribution in [0.15, 0.2) is 53.6 Å². The number of aromatic nitrogens is 1. The number of pyridine rings is 1. The van der Waals surface area contributed by atoms with E-state index in [1.807, 2.05) is 31.2 Å². The monoisotopic (exact) mass is 499 g/mol. The zero-order valence-corrected chi connectivity index (χ0v) is 20.8. The lowest BCUT2D eigenvalue weighted by atomic mass is 9.96. The quantitative estimate of drug-likeness (QED) is 0.312. The number of amides is 1. The van der Waals surface area contributed by atoms with Gasteiger partial charge < -0.3 is 15.8 Å². The predicted molar refractivity (Wildman–Crippen MR) is 139 cm³/mol. The molecule has 0 aliphatic carbocycles. The third-order valence-corrected chi connectivity index (χ3v) is 6.29. The number of nitrogen functional groups attached to an aromatic ring is 1. The van der Waals surface area contributed by atoms with Crippen LogP contribution < -0.4 is 11.1 Å². The maximum atomic E-state index is 12.4. The van der Waals surface area contributed by atoms with Crippen molar-refractivity contribution >= 4 is 35.1 Å². The van der Waals surface area contributed by atoms with E-state index in [-0.39, 0.29) is 35.9 Å². The molecule has 3 N–H and O–H groups in total. The molecule has 3 rings (SSSR count). The van der Waals surface area contributed by atoms with Crippen LogP contribution in [0.2, 0.25) is 0 Å². The highest BCUT2D eigenvalue weighted by Crippen LogP contribution is 2.36. The van der Waals surface area contributed by atoms with E-state index in [9.17, 15) is 20.1 Å². The van der Waals surface area contributed by atoms with E-state index in [1.165, 1.54) is 11.8 Å². The highest BCUT2D eigenvalue weighted by molar-refractivity contribution is 7.99. The van der Waals surface area contributed by atoms with Crippen molar-refractivity contribution in [1.29, 1.82) is 10.5 Å². The summed E-state index contributed by atoms with van der Waals surface area (Å²) in [4.78, 5) is 28.4. The molecule has 9 heteroatoms. The number of nitriles is 2. The molecule has 0 saturated carbocycles. The average Bonchev–Trinajstić information content (AvgIpc) is 2.89. The molecule has 1 heterocycles. The van der Waals surface area contributed by atoms with Gasteiger partial charge in [-0.3, -0.25) is 4.79 Å². The van der Waals surface area contributed by atoms with Gasteiger partial charge >= 0.3 is 5.97 Å². The first-order chi connectivity index (χ1) is 17.4. The lowest BCUT2D eigenvalue weighted by Crippen LogP contribution is -2.13. The van der Waals surface area contributed by atoms with Gasteiger partial charge in [0, 0.05) is 23.4 Å². The molecule has 0 aliphatic rings. The Morgan fingerprint density at radius 1 is 1.03 bits per heavy atom. The summed E-state index contributed by atoms with van der Waals surface area (Å²) in [5, 5.41) is 22.7. The summed E-state index contributed by atoms with van der Waals surface area (Å²) < 4.78 is 4.95. The summed E-state index contributed by atoms with van der Waals surface area (Å²) in [6.45, 7) is 4.06. The summed E-state index contributed by atoms with van der Waals surface area (Å²) in [6.07, 6.45) is 1.02. The molecule has 1 aromatic heterocycles. The first-order valence-electron chi connectivity index (χ1n) is 11.3. The van der Waals surface area contributed by atoms with Gasteiger partial charge in [-0.25, -0.2) is 9.78 Å². The fraction of sp³-hybridized carbons (Fsp3) is 0.222. The summed E-state index contributed by atoms with van der Waals surface area (Å²) in [5.74, 6) is -0.273. The predicted octanol–water partition coefficient (Wildman–Crippen LogP) is 4.93. The number of hydrogen-bond acceptors (Lipinski definition) is 8. The molecule has 0 bridgehead atoms. The molecule has 182 valence electrons. The zero-order chi connectivity index (χ0) is 26.1. The van der Waals surface area contributed by atoms with Crippen LogP contribution in [-0.2, 0) is 16.0 Å². The Balaban J connectivity index is 1.72. The normalized spacial score (nSPS) is 10.2. The summed E-state index contributed by atoms with van der Waals surface area (Å²) in [5.41, 5.74) is 9.72. The van der Waals surface area contributed by atoms with Crippen molar-refractivity contribution in [3.63, 3.8) is 0 Å². The first kappa shape index (κ1) is 26.3. The van der Waals surface area contributed by atoms with Crippen molar-refractivity contribution in [1.82, 2.24) is 4.98 Å². The number of nitrogens with zero attached hydrogens (tertiary/aromatic N) is 3. The Morgan fingerprint density at radius 3 is 2.28 bits per heavy atom. The van der Waals surface area contributed by atoms with Crippen LogP contribution in [0.5, 0.6) is 0 Å². The van der Waals surface area contributed by atoms with E-state index in [4.69, 9.17) is 10.5 Å². The molecular weight excluding hydrogens is 474 g/mol. The van der Waals surface area contributed by atoms with Gasteiger partial charge in [0.05, 0.1) is 17.7 Å². The minimum Gasteiger partial charge on any atom is -0.462 e. The number of ether oxygens (including phenoxy) is 1. The highest BCUT2D eigenvalue weighted by Gasteiger charge is 2.20.